The first-order valence-corrected chi connectivity index (χ1v) is 11.5. The van der Waals surface area contributed by atoms with Crippen molar-refractivity contribution < 1.29 is 51.0 Å². The largest absolute Gasteiger partial charge is 0.465 e. The molecule has 9 nitrogen and oxygen atoms in total. The van der Waals surface area contributed by atoms with E-state index in [-0.39, 0.29) is 44.7 Å². The highest BCUT2D eigenvalue weighted by Gasteiger charge is 2.58. The van der Waals surface area contributed by atoms with Gasteiger partial charge in [-0.2, -0.15) is 17.2 Å². The Morgan fingerprint density at radius 2 is 1.77 bits per heavy atom. The molecule has 0 radical (unpaired) electrons. The number of ether oxygens (including phenoxy) is 3. The van der Waals surface area contributed by atoms with E-state index in [1.807, 2.05) is 0 Å². The molecule has 0 aromatic rings. The van der Waals surface area contributed by atoms with E-state index >= 15 is 0 Å². The Kier molecular flexibility index (Phi) is 6.76. The van der Waals surface area contributed by atoms with Crippen LogP contribution in [0.4, 0.5) is 8.78 Å². The number of aliphatic hydroxyl groups is 2. The summed E-state index contributed by atoms with van der Waals surface area (Å²) in [4.78, 5) is 11.5. The minimum atomic E-state index is -5.92. The predicted molar refractivity (Wildman–Crippen MR) is 96.9 cm³/mol. The number of halogens is 2. The third-order valence-corrected chi connectivity index (χ3v) is 7.49. The zero-order chi connectivity index (χ0) is 22.2. The fourth-order valence-electron chi connectivity index (χ4n) is 4.89. The molecular weight excluding hydrogens is 430 g/mol. The number of esters is 1. The van der Waals surface area contributed by atoms with Crippen LogP contribution in [0, 0.1) is 23.2 Å². The van der Waals surface area contributed by atoms with Crippen LogP contribution in [0.2, 0.25) is 0 Å². The third kappa shape index (κ3) is 4.22. The van der Waals surface area contributed by atoms with Gasteiger partial charge >= 0.3 is 21.3 Å². The van der Waals surface area contributed by atoms with E-state index in [0.29, 0.717) is 12.3 Å². The second-order valence-corrected chi connectivity index (χ2v) is 10.2. The maximum atomic E-state index is 13.4. The topological polar surface area (TPSA) is 140 Å². The average Bonchev–Trinajstić information content (AvgIpc) is 2.71. The molecule has 30 heavy (non-hydrogen) atoms. The van der Waals surface area contributed by atoms with Gasteiger partial charge in [0.2, 0.25) is 0 Å². The summed E-state index contributed by atoms with van der Waals surface area (Å²) in [6, 6.07) is 0. The van der Waals surface area contributed by atoms with Crippen molar-refractivity contribution in [3.05, 3.63) is 0 Å². The molecule has 3 aliphatic rings. The summed E-state index contributed by atoms with van der Waals surface area (Å²) < 4.78 is 73.3. The molecule has 3 unspecified atom stereocenters. The molecule has 0 aromatic heterocycles. The van der Waals surface area contributed by atoms with Gasteiger partial charge < -0.3 is 24.4 Å². The van der Waals surface area contributed by atoms with Gasteiger partial charge in [-0.25, -0.2) is 4.79 Å². The molecule has 174 valence electrons. The lowest BCUT2D eigenvalue weighted by Gasteiger charge is -2.57. The minimum Gasteiger partial charge on any atom is -0.460 e. The van der Waals surface area contributed by atoms with Crippen molar-refractivity contribution in [1.29, 1.82) is 0 Å². The average molecular weight is 458 g/mol. The Hall–Kier alpha value is -0.920. The van der Waals surface area contributed by atoms with Crippen LogP contribution in [-0.2, 0) is 29.1 Å². The van der Waals surface area contributed by atoms with Crippen LogP contribution < -0.4 is 0 Å². The van der Waals surface area contributed by atoms with Gasteiger partial charge in [0.15, 0.2) is 5.79 Å². The molecule has 3 atom stereocenters. The van der Waals surface area contributed by atoms with Crippen LogP contribution in [0.15, 0.2) is 0 Å². The molecule has 3 rings (SSSR count). The Balaban J connectivity index is 1.70. The first-order valence-electron chi connectivity index (χ1n) is 10.0. The molecular formula is C18H28F2O9S. The highest BCUT2D eigenvalue weighted by atomic mass is 32.2. The molecule has 1 saturated heterocycles. The van der Waals surface area contributed by atoms with Crippen LogP contribution in [0.3, 0.4) is 0 Å². The predicted octanol–water partition coefficient (Wildman–Crippen LogP) is 0.941. The normalized spacial score (nSPS) is 30.8. The molecule has 1 spiro atoms. The first-order chi connectivity index (χ1) is 14.0. The maximum Gasteiger partial charge on any atom is 0.465 e. The van der Waals surface area contributed by atoms with E-state index in [9.17, 15) is 32.2 Å². The highest BCUT2D eigenvalue weighted by Crippen LogP contribution is 2.54. The number of alkyl halides is 2. The molecule has 0 aromatic carbocycles. The van der Waals surface area contributed by atoms with E-state index in [2.05, 4.69) is 4.74 Å². The second-order valence-electron chi connectivity index (χ2n) is 8.69. The van der Waals surface area contributed by atoms with E-state index in [0.717, 1.165) is 25.7 Å². The minimum absolute atomic E-state index is 0.0420. The standard InChI is InChI=1S/C18H28F2O9S/c19-18(20,30(24,25)26)15(23)27-5-4-14-7-12-2-1-3-13(6-12)17(14)28-10-16(8-21,9-22)11-29-17/h12-14,21-22H,1-11H2,(H,24,25,26). The molecule has 0 amide bonds. The van der Waals surface area contributed by atoms with Crippen molar-refractivity contribution in [2.75, 3.05) is 33.0 Å². The molecule has 2 aliphatic carbocycles. The SMILES string of the molecule is O=C(OCCC1CC2CCCC(C2)C12OCC(CO)(CO)CO2)C(F)(F)S(=O)(=O)O. The first kappa shape index (κ1) is 23.7. The highest BCUT2D eigenvalue weighted by molar-refractivity contribution is 7.87. The molecule has 2 saturated carbocycles. The number of carbonyl (C=O) groups is 1. The lowest BCUT2D eigenvalue weighted by molar-refractivity contribution is -0.371. The van der Waals surface area contributed by atoms with Crippen LogP contribution in [0.5, 0.6) is 0 Å². The Morgan fingerprint density at radius 1 is 1.13 bits per heavy atom. The van der Waals surface area contributed by atoms with Gasteiger partial charge in [0.1, 0.15) is 0 Å². The van der Waals surface area contributed by atoms with E-state index in [1.54, 1.807) is 0 Å². The number of fused-ring (bicyclic) bond motifs is 3. The lowest BCUT2D eigenvalue weighted by Crippen LogP contribution is -2.62. The van der Waals surface area contributed by atoms with Gasteiger partial charge in [0, 0.05) is 11.8 Å². The van der Waals surface area contributed by atoms with Crippen LogP contribution in [0.25, 0.3) is 0 Å². The number of carbonyl (C=O) groups excluding carboxylic acids is 1. The second kappa shape index (κ2) is 8.55. The summed E-state index contributed by atoms with van der Waals surface area (Å²) in [7, 11) is -5.92. The zero-order valence-electron chi connectivity index (χ0n) is 16.5. The fraction of sp³-hybridized carbons (Fsp3) is 0.944. The van der Waals surface area contributed by atoms with Gasteiger partial charge in [-0.1, -0.05) is 12.8 Å². The summed E-state index contributed by atoms with van der Waals surface area (Å²) in [6.07, 6.45) is 4.50. The quantitative estimate of drug-likeness (QED) is 0.376. The Morgan fingerprint density at radius 3 is 2.33 bits per heavy atom. The number of hydrogen-bond acceptors (Lipinski definition) is 8. The van der Waals surface area contributed by atoms with E-state index < -0.39 is 39.2 Å². The van der Waals surface area contributed by atoms with Gasteiger partial charge in [-0.3, -0.25) is 4.55 Å². The van der Waals surface area contributed by atoms with Gasteiger partial charge in [-0.05, 0) is 31.6 Å². The molecule has 1 aliphatic heterocycles. The Labute approximate surface area is 173 Å². The van der Waals surface area contributed by atoms with Crippen LogP contribution in [-0.4, -0.2) is 73.2 Å². The van der Waals surface area contributed by atoms with Crippen molar-refractivity contribution in [2.45, 2.75) is 49.6 Å². The summed E-state index contributed by atoms with van der Waals surface area (Å²) in [5.41, 5.74) is -0.925. The van der Waals surface area contributed by atoms with Gasteiger partial charge in [0.25, 0.3) is 0 Å². The monoisotopic (exact) mass is 458 g/mol. The van der Waals surface area contributed by atoms with Gasteiger partial charge in [0.05, 0.1) is 38.4 Å². The lowest BCUT2D eigenvalue weighted by atomic mass is 9.63. The molecule has 3 N–H and O–H groups in total. The number of hydrogen-bond donors (Lipinski definition) is 3. The summed E-state index contributed by atoms with van der Waals surface area (Å²) >= 11 is 0. The van der Waals surface area contributed by atoms with Crippen molar-refractivity contribution in [1.82, 2.24) is 0 Å². The summed E-state index contributed by atoms with van der Waals surface area (Å²) in [6.45, 7) is -0.996. The Bertz CT molecular complexity index is 728. The van der Waals surface area contributed by atoms with Crippen molar-refractivity contribution >= 4 is 16.1 Å². The van der Waals surface area contributed by atoms with E-state index in [1.165, 1.54) is 0 Å². The fourth-order valence-corrected chi connectivity index (χ4v) is 5.16. The molecule has 2 bridgehead atoms. The van der Waals surface area contributed by atoms with Crippen molar-refractivity contribution in [2.24, 2.45) is 23.2 Å². The van der Waals surface area contributed by atoms with Crippen LogP contribution >= 0.6 is 0 Å². The van der Waals surface area contributed by atoms with Crippen LogP contribution in [0.1, 0.15) is 38.5 Å². The zero-order valence-corrected chi connectivity index (χ0v) is 17.3. The smallest absolute Gasteiger partial charge is 0.460 e. The molecule has 1 heterocycles. The molecule has 12 heteroatoms. The maximum absolute atomic E-state index is 13.4. The summed E-state index contributed by atoms with van der Waals surface area (Å²) in [5.74, 6) is -3.24. The van der Waals surface area contributed by atoms with Gasteiger partial charge in [-0.15, -0.1) is 0 Å². The number of rotatable bonds is 7. The van der Waals surface area contributed by atoms with Crippen molar-refractivity contribution in [3.63, 3.8) is 0 Å². The number of aliphatic hydroxyl groups excluding tert-OH is 2. The third-order valence-electron chi connectivity index (χ3n) is 6.68. The van der Waals surface area contributed by atoms with Crippen molar-refractivity contribution in [3.8, 4) is 0 Å². The summed E-state index contributed by atoms with van der Waals surface area (Å²) in [5, 5.41) is 14.2. The van der Waals surface area contributed by atoms with E-state index in [4.69, 9.17) is 14.0 Å². The molecule has 3 fully saturated rings.